The molecule has 2 fully saturated rings. The number of hydrogen-bond acceptors (Lipinski definition) is 5. The van der Waals surface area contributed by atoms with Gasteiger partial charge in [0.05, 0.1) is 6.61 Å². The second kappa shape index (κ2) is 10.5. The molecule has 2 heterocycles. The highest BCUT2D eigenvalue weighted by Gasteiger charge is 2.22. The summed E-state index contributed by atoms with van der Waals surface area (Å²) in [5.41, 5.74) is 1.27. The molecule has 1 saturated carbocycles. The molecule has 4 rings (SSSR count). The van der Waals surface area contributed by atoms with E-state index in [1.165, 1.54) is 18.4 Å². The Kier molecular flexibility index (Phi) is 8.04. The number of rotatable bonds is 7. The Morgan fingerprint density at radius 1 is 1.18 bits per heavy atom. The van der Waals surface area contributed by atoms with E-state index >= 15 is 0 Å². The third-order valence-corrected chi connectivity index (χ3v) is 5.31. The highest BCUT2D eigenvalue weighted by molar-refractivity contribution is 14.0. The van der Waals surface area contributed by atoms with Crippen molar-refractivity contribution in [1.82, 2.24) is 15.1 Å². The molecule has 8 heteroatoms. The number of piperazine rings is 1. The van der Waals surface area contributed by atoms with Crippen LogP contribution in [0.2, 0.25) is 0 Å². The van der Waals surface area contributed by atoms with E-state index in [0.717, 1.165) is 75.9 Å². The van der Waals surface area contributed by atoms with Crippen LogP contribution < -0.4 is 14.8 Å². The maximum atomic E-state index is 5.69. The van der Waals surface area contributed by atoms with Crippen molar-refractivity contribution in [2.75, 3.05) is 59.8 Å². The van der Waals surface area contributed by atoms with E-state index in [-0.39, 0.29) is 24.0 Å². The van der Waals surface area contributed by atoms with Crippen molar-refractivity contribution >= 4 is 29.9 Å². The van der Waals surface area contributed by atoms with Crippen molar-refractivity contribution < 1.29 is 14.2 Å². The van der Waals surface area contributed by atoms with Crippen LogP contribution in [0.5, 0.6) is 11.5 Å². The predicted molar refractivity (Wildman–Crippen MR) is 120 cm³/mol. The molecule has 0 aromatic heterocycles. The number of benzene rings is 1. The van der Waals surface area contributed by atoms with Gasteiger partial charge in [-0.05, 0) is 36.5 Å². The average Bonchev–Trinajstić information content (AvgIpc) is 3.40. The van der Waals surface area contributed by atoms with E-state index < -0.39 is 0 Å². The molecule has 0 bridgehead atoms. The number of guanidine groups is 1. The zero-order valence-corrected chi connectivity index (χ0v) is 18.9. The van der Waals surface area contributed by atoms with Crippen LogP contribution in [0.1, 0.15) is 18.4 Å². The molecule has 0 radical (unpaired) electrons. The second-order valence-electron chi connectivity index (χ2n) is 7.44. The molecule has 156 valence electrons. The van der Waals surface area contributed by atoms with Gasteiger partial charge in [-0.2, -0.15) is 0 Å². The Labute approximate surface area is 184 Å². The van der Waals surface area contributed by atoms with E-state index in [1.807, 2.05) is 13.1 Å². The maximum absolute atomic E-state index is 5.69. The normalized spacial score (nSPS) is 19.5. The Balaban J connectivity index is 0.00000225. The first-order chi connectivity index (χ1) is 13.3. The van der Waals surface area contributed by atoms with Crippen LogP contribution in [-0.2, 0) is 11.3 Å². The zero-order valence-electron chi connectivity index (χ0n) is 16.6. The highest BCUT2D eigenvalue weighted by Crippen LogP contribution is 2.32. The van der Waals surface area contributed by atoms with Crippen LogP contribution in [0.3, 0.4) is 0 Å². The van der Waals surface area contributed by atoms with E-state index in [2.05, 4.69) is 32.2 Å². The van der Waals surface area contributed by atoms with Crippen molar-refractivity contribution in [2.24, 2.45) is 10.9 Å². The number of nitrogens with one attached hydrogen (secondary N) is 1. The minimum Gasteiger partial charge on any atom is -0.454 e. The van der Waals surface area contributed by atoms with E-state index in [4.69, 9.17) is 14.2 Å². The summed E-state index contributed by atoms with van der Waals surface area (Å²) in [5, 5.41) is 3.43. The largest absolute Gasteiger partial charge is 0.454 e. The monoisotopic (exact) mass is 502 g/mol. The van der Waals surface area contributed by atoms with Gasteiger partial charge in [0, 0.05) is 52.9 Å². The minimum absolute atomic E-state index is 0. The Bertz CT molecular complexity index is 661. The Hall–Kier alpha value is -1.26. The molecule has 0 unspecified atom stereocenters. The van der Waals surface area contributed by atoms with Gasteiger partial charge in [0.2, 0.25) is 6.79 Å². The van der Waals surface area contributed by atoms with Crippen molar-refractivity contribution in [3.63, 3.8) is 0 Å². The standard InChI is InChI=1S/C20H30N4O3.HI/c1-21-20(22-6-11-25-14-16-2-3-16)24-9-7-23(8-10-24)13-17-4-5-18-19(12-17)27-15-26-18;/h4-5,12,16H,2-3,6-11,13-15H2,1H3,(H,21,22);1H. The van der Waals surface area contributed by atoms with Crippen LogP contribution in [0, 0.1) is 5.92 Å². The molecule has 1 aliphatic carbocycles. The predicted octanol–water partition coefficient (Wildman–Crippen LogP) is 2.15. The summed E-state index contributed by atoms with van der Waals surface area (Å²) in [6.07, 6.45) is 2.68. The van der Waals surface area contributed by atoms with Gasteiger partial charge >= 0.3 is 0 Å². The van der Waals surface area contributed by atoms with Gasteiger partial charge in [-0.1, -0.05) is 6.07 Å². The zero-order chi connectivity index (χ0) is 18.5. The summed E-state index contributed by atoms with van der Waals surface area (Å²) in [4.78, 5) is 9.23. The van der Waals surface area contributed by atoms with Gasteiger partial charge in [0.25, 0.3) is 0 Å². The number of nitrogens with zero attached hydrogens (tertiary/aromatic N) is 3. The first kappa shape index (κ1) is 21.4. The topological polar surface area (TPSA) is 58.6 Å². The van der Waals surface area contributed by atoms with E-state index in [0.29, 0.717) is 6.79 Å². The lowest BCUT2D eigenvalue weighted by Gasteiger charge is -2.36. The number of ether oxygens (including phenoxy) is 3. The molecule has 1 N–H and O–H groups in total. The third-order valence-electron chi connectivity index (χ3n) is 5.31. The SMILES string of the molecule is CN=C(NCCOCC1CC1)N1CCN(Cc2ccc3c(c2)OCO3)CC1.I. The smallest absolute Gasteiger partial charge is 0.231 e. The van der Waals surface area contributed by atoms with E-state index in [9.17, 15) is 0 Å². The Morgan fingerprint density at radius 3 is 2.71 bits per heavy atom. The first-order valence-electron chi connectivity index (χ1n) is 9.96. The van der Waals surface area contributed by atoms with Gasteiger partial charge in [-0.25, -0.2) is 0 Å². The highest BCUT2D eigenvalue weighted by atomic mass is 127. The molecule has 7 nitrogen and oxygen atoms in total. The third kappa shape index (κ3) is 5.87. The van der Waals surface area contributed by atoms with Gasteiger partial charge in [0.15, 0.2) is 17.5 Å². The summed E-state index contributed by atoms with van der Waals surface area (Å²) in [5.74, 6) is 3.51. The molecule has 2 aliphatic heterocycles. The molecule has 1 aromatic carbocycles. The molecule has 1 aromatic rings. The Morgan fingerprint density at radius 2 is 1.96 bits per heavy atom. The molecule has 0 amide bonds. The molecular weight excluding hydrogens is 471 g/mol. The number of aliphatic imine (C=N–C) groups is 1. The summed E-state index contributed by atoms with van der Waals surface area (Å²) in [6.45, 7) is 7.75. The van der Waals surface area contributed by atoms with Crippen molar-refractivity contribution in [1.29, 1.82) is 0 Å². The number of halogens is 1. The van der Waals surface area contributed by atoms with Crippen LogP contribution >= 0.6 is 24.0 Å². The van der Waals surface area contributed by atoms with Crippen LogP contribution in [0.25, 0.3) is 0 Å². The fourth-order valence-electron chi connectivity index (χ4n) is 3.52. The maximum Gasteiger partial charge on any atom is 0.231 e. The summed E-state index contributed by atoms with van der Waals surface area (Å²) < 4.78 is 16.6. The quantitative estimate of drug-likeness (QED) is 0.267. The first-order valence-corrected chi connectivity index (χ1v) is 9.96. The van der Waals surface area contributed by atoms with Crippen LogP contribution in [0.4, 0.5) is 0 Å². The van der Waals surface area contributed by atoms with Gasteiger partial charge in [-0.3, -0.25) is 9.89 Å². The summed E-state index contributed by atoms with van der Waals surface area (Å²) >= 11 is 0. The molecule has 3 aliphatic rings. The minimum atomic E-state index is 0. The fraction of sp³-hybridized carbons (Fsp3) is 0.650. The van der Waals surface area contributed by atoms with Gasteiger partial charge in [-0.15, -0.1) is 24.0 Å². The lowest BCUT2D eigenvalue weighted by Crippen LogP contribution is -2.52. The molecule has 1 saturated heterocycles. The fourth-order valence-corrected chi connectivity index (χ4v) is 3.52. The average molecular weight is 502 g/mol. The summed E-state index contributed by atoms with van der Waals surface area (Å²) in [7, 11) is 1.85. The lowest BCUT2D eigenvalue weighted by atomic mass is 10.1. The molecule has 28 heavy (non-hydrogen) atoms. The number of hydrogen-bond donors (Lipinski definition) is 1. The van der Waals surface area contributed by atoms with Crippen LogP contribution in [-0.4, -0.2) is 75.5 Å². The van der Waals surface area contributed by atoms with Crippen molar-refractivity contribution in [3.05, 3.63) is 23.8 Å². The van der Waals surface area contributed by atoms with Crippen molar-refractivity contribution in [3.8, 4) is 11.5 Å². The van der Waals surface area contributed by atoms with Gasteiger partial charge < -0.3 is 24.4 Å². The van der Waals surface area contributed by atoms with Gasteiger partial charge in [0.1, 0.15) is 0 Å². The van der Waals surface area contributed by atoms with Crippen LogP contribution in [0.15, 0.2) is 23.2 Å². The molecule has 0 spiro atoms. The van der Waals surface area contributed by atoms with E-state index in [1.54, 1.807) is 0 Å². The summed E-state index contributed by atoms with van der Waals surface area (Å²) in [6, 6.07) is 6.23. The molecule has 0 atom stereocenters. The number of fused-ring (bicyclic) bond motifs is 1. The van der Waals surface area contributed by atoms with Crippen molar-refractivity contribution in [2.45, 2.75) is 19.4 Å². The lowest BCUT2D eigenvalue weighted by molar-refractivity contribution is 0.127. The molecular formula is C20H31IN4O3. The second-order valence-corrected chi connectivity index (χ2v) is 7.44.